The molecule has 2 unspecified atom stereocenters. The van der Waals surface area contributed by atoms with Crippen LogP contribution in [0.1, 0.15) is 30.5 Å². The number of halogens is 1. The fraction of sp³-hybridized carbons (Fsp3) is 0.448. The molecule has 37 heavy (non-hydrogen) atoms. The Kier molecular flexibility index (Phi) is 5.20. The Morgan fingerprint density at radius 1 is 1.24 bits per heavy atom. The van der Waals surface area contributed by atoms with Crippen LogP contribution in [0.2, 0.25) is 0 Å². The molecule has 1 saturated carbocycles. The maximum atomic E-state index is 14.2. The molecule has 0 spiro atoms. The van der Waals surface area contributed by atoms with Gasteiger partial charge in [-0.25, -0.2) is 9.37 Å². The molecule has 2 atom stereocenters. The van der Waals surface area contributed by atoms with Crippen LogP contribution < -0.4 is 4.90 Å². The van der Waals surface area contributed by atoms with Gasteiger partial charge in [0.2, 0.25) is 5.91 Å². The number of H-pyrrole nitrogens is 1. The number of benzene rings is 1. The molecule has 3 aromatic rings. The minimum Gasteiger partial charge on any atom is -0.393 e. The van der Waals surface area contributed by atoms with Gasteiger partial charge in [-0.15, -0.1) is 0 Å². The molecule has 192 valence electrons. The van der Waals surface area contributed by atoms with E-state index in [-0.39, 0.29) is 23.9 Å². The largest absolute Gasteiger partial charge is 0.393 e. The Hall–Kier alpha value is -3.23. The van der Waals surface area contributed by atoms with Crippen LogP contribution in [-0.2, 0) is 11.3 Å². The number of allylic oxidation sites excluding steroid dienone is 1. The zero-order chi connectivity index (χ0) is 25.4. The summed E-state index contributed by atoms with van der Waals surface area (Å²) < 4.78 is 14.2. The van der Waals surface area contributed by atoms with Crippen LogP contribution >= 0.6 is 0 Å². The second-order valence-corrected chi connectivity index (χ2v) is 11.4. The fourth-order valence-electron chi connectivity index (χ4n) is 6.92. The fourth-order valence-corrected chi connectivity index (χ4v) is 6.92. The predicted octanol–water partition coefficient (Wildman–Crippen LogP) is 3.64. The van der Waals surface area contributed by atoms with Crippen molar-refractivity contribution in [2.75, 3.05) is 38.6 Å². The van der Waals surface area contributed by atoms with Crippen LogP contribution in [0.15, 0.2) is 36.5 Å². The SMILES string of the molecule is CN1Cc2c(C3=CC4CN(CC(=O)N(C)C5CC(O)C5)CC4C3)[nH]c3nccc(c23)-c2cc(F)ccc21. The van der Waals surface area contributed by atoms with Crippen molar-refractivity contribution in [1.82, 2.24) is 19.8 Å². The van der Waals surface area contributed by atoms with Gasteiger partial charge in [0, 0.05) is 73.9 Å². The number of carbonyl (C=O) groups is 1. The lowest BCUT2D eigenvalue weighted by molar-refractivity contribution is -0.136. The third kappa shape index (κ3) is 3.68. The first kappa shape index (κ1) is 22.9. The lowest BCUT2D eigenvalue weighted by Crippen LogP contribution is -2.50. The van der Waals surface area contributed by atoms with E-state index in [4.69, 9.17) is 0 Å². The number of nitrogens with one attached hydrogen (secondary N) is 1. The summed E-state index contributed by atoms with van der Waals surface area (Å²) in [6.07, 6.45) is 6.31. The summed E-state index contributed by atoms with van der Waals surface area (Å²) in [6.45, 7) is 2.98. The van der Waals surface area contributed by atoms with Crippen molar-refractivity contribution >= 4 is 28.2 Å². The molecule has 2 aliphatic carbocycles. The Labute approximate surface area is 215 Å². The van der Waals surface area contributed by atoms with Gasteiger partial charge in [0.1, 0.15) is 11.5 Å². The van der Waals surface area contributed by atoms with Gasteiger partial charge in [-0.1, -0.05) is 6.08 Å². The second-order valence-electron chi connectivity index (χ2n) is 11.4. The lowest BCUT2D eigenvalue weighted by atomic mass is 9.88. The number of rotatable bonds is 4. The number of carbonyl (C=O) groups excluding carboxylic acids is 1. The molecule has 1 saturated heterocycles. The van der Waals surface area contributed by atoms with Crippen molar-refractivity contribution in [1.29, 1.82) is 0 Å². The maximum absolute atomic E-state index is 14.2. The zero-order valence-corrected chi connectivity index (χ0v) is 21.2. The van der Waals surface area contributed by atoms with Crippen molar-refractivity contribution in [2.24, 2.45) is 11.8 Å². The van der Waals surface area contributed by atoms with Crippen molar-refractivity contribution in [3.8, 4) is 11.1 Å². The molecule has 7 nitrogen and oxygen atoms in total. The van der Waals surface area contributed by atoms with Crippen LogP contribution in [0.3, 0.4) is 0 Å². The number of aliphatic hydroxyl groups is 1. The van der Waals surface area contributed by atoms with Gasteiger partial charge in [0.05, 0.1) is 12.6 Å². The highest BCUT2D eigenvalue weighted by Gasteiger charge is 2.40. The van der Waals surface area contributed by atoms with Crippen molar-refractivity contribution in [3.63, 3.8) is 0 Å². The average Bonchev–Trinajstić information content (AvgIpc) is 3.50. The molecular formula is C29H32FN5O2. The molecule has 4 aliphatic rings. The smallest absolute Gasteiger partial charge is 0.236 e. The number of aromatic amines is 1. The van der Waals surface area contributed by atoms with E-state index < -0.39 is 0 Å². The predicted molar refractivity (Wildman–Crippen MR) is 141 cm³/mol. The van der Waals surface area contributed by atoms with Gasteiger partial charge in [0.25, 0.3) is 0 Å². The van der Waals surface area contributed by atoms with Gasteiger partial charge < -0.3 is 19.9 Å². The number of fused-ring (bicyclic) bond motifs is 3. The number of aliphatic hydroxyl groups excluding tert-OH is 1. The van der Waals surface area contributed by atoms with E-state index >= 15 is 0 Å². The molecule has 2 aromatic heterocycles. The standard InChI is InChI=1S/C29H32FN5O2/c1-33-14-24-27-22(23-9-19(30)3-4-25(23)33)5-6-31-29(27)32-28(24)16-7-17-12-35(13-18(17)8-16)15-26(37)34(2)20-10-21(36)11-20/h3-7,9,17-18,20-21,36H,8,10-15H2,1-2H3,(H,31,32). The number of likely N-dealkylation sites (tertiary alicyclic amines) is 1. The van der Waals surface area contributed by atoms with E-state index in [1.807, 2.05) is 24.1 Å². The number of hydrogen-bond donors (Lipinski definition) is 2. The first-order valence-electron chi connectivity index (χ1n) is 13.2. The second kappa shape index (κ2) is 8.39. The molecule has 2 fully saturated rings. The van der Waals surface area contributed by atoms with Crippen molar-refractivity contribution < 1.29 is 14.3 Å². The van der Waals surface area contributed by atoms with E-state index in [0.29, 0.717) is 31.2 Å². The Morgan fingerprint density at radius 2 is 2.08 bits per heavy atom. The summed E-state index contributed by atoms with van der Waals surface area (Å²) >= 11 is 0. The van der Waals surface area contributed by atoms with Gasteiger partial charge in [-0.2, -0.15) is 0 Å². The van der Waals surface area contributed by atoms with Crippen molar-refractivity contribution in [2.45, 2.75) is 38.0 Å². The molecule has 2 aliphatic heterocycles. The van der Waals surface area contributed by atoms with E-state index in [1.54, 1.807) is 12.3 Å². The van der Waals surface area contributed by atoms with E-state index in [9.17, 15) is 14.3 Å². The summed E-state index contributed by atoms with van der Waals surface area (Å²) in [5.41, 5.74) is 7.49. The Morgan fingerprint density at radius 3 is 2.86 bits per heavy atom. The summed E-state index contributed by atoms with van der Waals surface area (Å²) in [5, 5.41) is 10.7. The summed E-state index contributed by atoms with van der Waals surface area (Å²) in [7, 11) is 3.93. The van der Waals surface area contributed by atoms with Crippen molar-refractivity contribution in [3.05, 3.63) is 53.6 Å². The highest BCUT2D eigenvalue weighted by atomic mass is 19.1. The van der Waals surface area contributed by atoms with Crippen LogP contribution in [0.5, 0.6) is 0 Å². The monoisotopic (exact) mass is 501 g/mol. The molecule has 0 bridgehead atoms. The van der Waals surface area contributed by atoms with E-state index in [1.165, 1.54) is 17.2 Å². The molecule has 0 radical (unpaired) electrons. The highest BCUT2D eigenvalue weighted by Crippen LogP contribution is 2.46. The summed E-state index contributed by atoms with van der Waals surface area (Å²) in [6, 6.07) is 7.20. The topological polar surface area (TPSA) is 75.7 Å². The Bertz CT molecular complexity index is 1440. The normalized spacial score (nSPS) is 26.5. The lowest BCUT2D eigenvalue weighted by Gasteiger charge is -2.39. The zero-order valence-electron chi connectivity index (χ0n) is 21.2. The molecule has 1 amide bonds. The van der Waals surface area contributed by atoms with Gasteiger partial charge in [-0.05, 0) is 66.5 Å². The molecular weight excluding hydrogens is 469 g/mol. The minimum absolute atomic E-state index is 0.148. The van der Waals surface area contributed by atoms with Gasteiger partial charge in [0.15, 0.2) is 0 Å². The van der Waals surface area contributed by atoms with Crippen LogP contribution in [-0.4, -0.2) is 76.7 Å². The maximum Gasteiger partial charge on any atom is 0.236 e. The summed E-state index contributed by atoms with van der Waals surface area (Å²) in [5.74, 6) is 0.844. The number of pyridine rings is 1. The van der Waals surface area contributed by atoms with E-state index in [2.05, 4.69) is 32.9 Å². The minimum atomic E-state index is -0.254. The van der Waals surface area contributed by atoms with Crippen LogP contribution in [0.25, 0.3) is 27.7 Å². The first-order valence-corrected chi connectivity index (χ1v) is 13.2. The summed E-state index contributed by atoms with van der Waals surface area (Å²) in [4.78, 5) is 27.4. The molecule has 8 heteroatoms. The molecule has 7 rings (SSSR count). The number of aromatic nitrogens is 2. The van der Waals surface area contributed by atoms with Crippen LogP contribution in [0, 0.1) is 17.7 Å². The number of hydrogen-bond acceptors (Lipinski definition) is 5. The third-order valence-electron chi connectivity index (χ3n) is 9.03. The molecule has 4 heterocycles. The van der Waals surface area contributed by atoms with E-state index in [0.717, 1.165) is 59.6 Å². The average molecular weight is 502 g/mol. The van der Waals surface area contributed by atoms with Gasteiger partial charge in [-0.3, -0.25) is 9.69 Å². The van der Waals surface area contributed by atoms with Gasteiger partial charge >= 0.3 is 0 Å². The highest BCUT2D eigenvalue weighted by molar-refractivity contribution is 6.02. The number of nitrogens with zero attached hydrogens (tertiary/aromatic N) is 4. The third-order valence-corrected chi connectivity index (χ3v) is 9.03. The molecule has 1 aromatic carbocycles. The molecule has 2 N–H and O–H groups in total. The number of anilines is 1. The Balaban J connectivity index is 1.14. The number of likely N-dealkylation sites (N-methyl/N-ethyl adjacent to an activating group) is 1. The quantitative estimate of drug-likeness (QED) is 0.571. The van der Waals surface area contributed by atoms with Crippen LogP contribution in [0.4, 0.5) is 10.1 Å². The first-order chi connectivity index (χ1) is 17.9. The number of amides is 1.